The van der Waals surface area contributed by atoms with E-state index in [0.29, 0.717) is 21.9 Å². The summed E-state index contributed by atoms with van der Waals surface area (Å²) in [5.74, 6) is 0.736. The zero-order valence-corrected chi connectivity index (χ0v) is 6.31. The van der Waals surface area contributed by atoms with E-state index >= 15 is 0 Å². The predicted octanol–water partition coefficient (Wildman–Crippen LogP) is 0.917. The molecule has 2 nitrogen and oxygen atoms in total. The second-order valence-corrected chi connectivity index (χ2v) is 2.45. The van der Waals surface area contributed by atoms with Crippen molar-refractivity contribution in [2.24, 2.45) is 0 Å². The molecule has 3 heteroatoms. The molecule has 0 aromatic heterocycles. The van der Waals surface area contributed by atoms with Gasteiger partial charge in [-0.15, -0.1) is 0 Å². The van der Waals surface area contributed by atoms with Crippen LogP contribution in [0, 0.1) is 0 Å². The molecule has 0 atom stereocenters. The van der Waals surface area contributed by atoms with Crippen LogP contribution in [0.3, 0.4) is 0 Å². The van der Waals surface area contributed by atoms with Crippen LogP contribution in [0.1, 0.15) is 12.8 Å². The average Bonchev–Trinajstić information content (AvgIpc) is 2.18. The summed E-state index contributed by atoms with van der Waals surface area (Å²) in [5, 5.41) is 0. The SMILES string of the molecule is C[Si]OC1=CCCC1=O. The Morgan fingerprint density at radius 1 is 1.78 bits per heavy atom. The second kappa shape index (κ2) is 2.82. The van der Waals surface area contributed by atoms with Gasteiger partial charge in [0.05, 0.1) is 0 Å². The van der Waals surface area contributed by atoms with E-state index in [1.54, 1.807) is 0 Å². The van der Waals surface area contributed by atoms with Gasteiger partial charge in [0.15, 0.2) is 5.78 Å². The predicted molar refractivity (Wildman–Crippen MR) is 35.0 cm³/mol. The normalized spacial score (nSPS) is 17.9. The number of carbonyl (C=O) groups excluding carboxylic acids is 1. The van der Waals surface area contributed by atoms with E-state index in [1.165, 1.54) is 0 Å². The molecule has 0 fully saturated rings. The molecule has 0 saturated carbocycles. The fraction of sp³-hybridized carbons (Fsp3) is 0.500. The highest BCUT2D eigenvalue weighted by Crippen LogP contribution is 2.13. The zero-order chi connectivity index (χ0) is 6.69. The van der Waals surface area contributed by atoms with Gasteiger partial charge in [0.2, 0.25) is 0 Å². The number of carbonyl (C=O) groups is 1. The minimum atomic E-state index is 0.157. The molecular formula is C6H8O2Si. The molecule has 0 aliphatic heterocycles. The minimum Gasteiger partial charge on any atom is -0.539 e. The average molecular weight is 140 g/mol. The van der Waals surface area contributed by atoms with Crippen molar-refractivity contribution in [1.29, 1.82) is 0 Å². The van der Waals surface area contributed by atoms with Crippen LogP contribution in [0.25, 0.3) is 0 Å². The first-order valence-electron chi connectivity index (χ1n) is 2.91. The van der Waals surface area contributed by atoms with Crippen LogP contribution in [0.5, 0.6) is 0 Å². The maximum absolute atomic E-state index is 10.8. The van der Waals surface area contributed by atoms with Crippen LogP contribution in [-0.4, -0.2) is 15.5 Å². The van der Waals surface area contributed by atoms with Gasteiger partial charge in [-0.2, -0.15) is 0 Å². The van der Waals surface area contributed by atoms with Gasteiger partial charge in [-0.25, -0.2) is 0 Å². The van der Waals surface area contributed by atoms with E-state index in [1.807, 2.05) is 12.6 Å². The van der Waals surface area contributed by atoms with E-state index in [2.05, 4.69) is 0 Å². The number of rotatable bonds is 2. The highest BCUT2D eigenvalue weighted by Gasteiger charge is 2.14. The van der Waals surface area contributed by atoms with E-state index in [0.717, 1.165) is 6.42 Å². The minimum absolute atomic E-state index is 0.157. The van der Waals surface area contributed by atoms with Crippen LogP contribution in [0.15, 0.2) is 11.8 Å². The Morgan fingerprint density at radius 3 is 3.00 bits per heavy atom. The fourth-order valence-electron chi connectivity index (χ4n) is 0.780. The van der Waals surface area contributed by atoms with Gasteiger partial charge in [0, 0.05) is 6.42 Å². The molecule has 0 aromatic rings. The second-order valence-electron chi connectivity index (χ2n) is 1.84. The standard InChI is InChI=1S/C6H8O2Si/c1-9-8-6-4-2-3-5(6)7/h4H,2-3H2,1H3. The van der Waals surface area contributed by atoms with Crippen LogP contribution >= 0.6 is 0 Å². The van der Waals surface area contributed by atoms with Gasteiger partial charge in [-0.3, -0.25) is 4.79 Å². The molecule has 1 aliphatic rings. The van der Waals surface area contributed by atoms with Gasteiger partial charge < -0.3 is 4.43 Å². The summed E-state index contributed by atoms with van der Waals surface area (Å²) in [6.45, 7) is 1.91. The van der Waals surface area contributed by atoms with Crippen LogP contribution in [-0.2, 0) is 9.22 Å². The van der Waals surface area contributed by atoms with Gasteiger partial charge in [-0.1, -0.05) is 0 Å². The summed E-state index contributed by atoms with van der Waals surface area (Å²) in [6.07, 6.45) is 3.36. The third-order valence-corrected chi connectivity index (χ3v) is 1.61. The molecule has 0 bridgehead atoms. The summed E-state index contributed by atoms with van der Waals surface area (Å²) in [7, 11) is 0.389. The Hall–Kier alpha value is -0.573. The van der Waals surface area contributed by atoms with E-state index in [4.69, 9.17) is 4.43 Å². The first-order chi connectivity index (χ1) is 4.34. The molecule has 0 unspecified atom stereocenters. The number of hydrogen-bond donors (Lipinski definition) is 0. The third kappa shape index (κ3) is 1.42. The first-order valence-corrected chi connectivity index (χ1v) is 4.32. The van der Waals surface area contributed by atoms with E-state index < -0.39 is 0 Å². The Kier molecular flexibility index (Phi) is 2.05. The number of hydrogen-bond acceptors (Lipinski definition) is 2. The maximum Gasteiger partial charge on any atom is 0.307 e. The smallest absolute Gasteiger partial charge is 0.307 e. The lowest BCUT2D eigenvalue weighted by molar-refractivity contribution is -0.116. The lowest BCUT2D eigenvalue weighted by Gasteiger charge is -1.98. The Labute approximate surface area is 56.8 Å². The van der Waals surface area contributed by atoms with Crippen LogP contribution in [0.4, 0.5) is 0 Å². The molecule has 0 N–H and O–H groups in total. The van der Waals surface area contributed by atoms with Crippen molar-refractivity contribution in [1.82, 2.24) is 0 Å². The molecule has 0 aromatic carbocycles. The summed E-state index contributed by atoms with van der Waals surface area (Å²) < 4.78 is 5.05. The lowest BCUT2D eigenvalue weighted by Crippen LogP contribution is -2.01. The zero-order valence-electron chi connectivity index (χ0n) is 5.31. The van der Waals surface area contributed by atoms with Gasteiger partial charge >= 0.3 is 9.76 Å². The summed E-state index contributed by atoms with van der Waals surface area (Å²) in [6, 6.07) is 0. The number of allylic oxidation sites excluding steroid dienone is 2. The van der Waals surface area contributed by atoms with Crippen molar-refractivity contribution in [2.45, 2.75) is 19.4 Å². The first kappa shape index (κ1) is 6.55. The topological polar surface area (TPSA) is 26.3 Å². The number of ketones is 1. The monoisotopic (exact) mass is 140 g/mol. The molecule has 2 radical (unpaired) electrons. The van der Waals surface area contributed by atoms with Crippen molar-refractivity contribution in [2.75, 3.05) is 0 Å². The van der Waals surface area contributed by atoms with E-state index in [-0.39, 0.29) is 5.78 Å². The van der Waals surface area contributed by atoms with Crippen molar-refractivity contribution in [3.05, 3.63) is 11.8 Å². The summed E-state index contributed by atoms with van der Waals surface area (Å²) in [4.78, 5) is 10.8. The van der Waals surface area contributed by atoms with Gasteiger partial charge in [0.25, 0.3) is 0 Å². The van der Waals surface area contributed by atoms with Crippen molar-refractivity contribution >= 4 is 15.5 Å². The van der Waals surface area contributed by atoms with Crippen LogP contribution < -0.4 is 0 Å². The van der Waals surface area contributed by atoms with Crippen LogP contribution in [0.2, 0.25) is 6.55 Å². The molecule has 9 heavy (non-hydrogen) atoms. The molecule has 0 spiro atoms. The quantitative estimate of drug-likeness (QED) is 0.533. The fourth-order valence-corrected chi connectivity index (χ4v) is 1.20. The van der Waals surface area contributed by atoms with Crippen molar-refractivity contribution < 1.29 is 9.22 Å². The molecule has 0 heterocycles. The highest BCUT2D eigenvalue weighted by molar-refractivity contribution is 6.26. The Balaban J connectivity index is 2.47. The number of Topliss-reactive ketones (excluding diaryl/α,β-unsaturated/α-hetero) is 1. The lowest BCUT2D eigenvalue weighted by atomic mass is 10.3. The summed E-state index contributed by atoms with van der Waals surface area (Å²) in [5.41, 5.74) is 0. The molecule has 0 saturated heterocycles. The molecular weight excluding hydrogens is 132 g/mol. The molecule has 1 aliphatic carbocycles. The Bertz CT molecular complexity index is 151. The summed E-state index contributed by atoms with van der Waals surface area (Å²) >= 11 is 0. The molecule has 48 valence electrons. The van der Waals surface area contributed by atoms with Gasteiger partial charge in [0.1, 0.15) is 5.76 Å². The van der Waals surface area contributed by atoms with Crippen molar-refractivity contribution in [3.63, 3.8) is 0 Å². The van der Waals surface area contributed by atoms with Crippen molar-refractivity contribution in [3.8, 4) is 0 Å². The van der Waals surface area contributed by atoms with E-state index in [9.17, 15) is 4.79 Å². The van der Waals surface area contributed by atoms with Gasteiger partial charge in [-0.05, 0) is 19.0 Å². The third-order valence-electron chi connectivity index (χ3n) is 1.19. The Morgan fingerprint density at radius 2 is 2.56 bits per heavy atom. The molecule has 1 rings (SSSR count). The maximum atomic E-state index is 10.8. The largest absolute Gasteiger partial charge is 0.539 e. The highest BCUT2D eigenvalue weighted by atomic mass is 28.2. The molecule has 0 amide bonds.